The van der Waals surface area contributed by atoms with Crippen LogP contribution in [0.2, 0.25) is 0 Å². The number of sulfonamides is 1. The van der Waals surface area contributed by atoms with E-state index in [2.05, 4.69) is 0 Å². The Labute approximate surface area is 119 Å². The van der Waals surface area contributed by atoms with Crippen molar-refractivity contribution < 1.29 is 13.2 Å². The largest absolute Gasteiger partial charge is 0.399 e. The van der Waals surface area contributed by atoms with Crippen molar-refractivity contribution in [2.24, 2.45) is 5.73 Å². The van der Waals surface area contributed by atoms with Crippen molar-refractivity contribution in [1.82, 2.24) is 4.31 Å². The summed E-state index contributed by atoms with van der Waals surface area (Å²) >= 11 is 0. The molecule has 0 aromatic heterocycles. The van der Waals surface area contributed by atoms with Crippen LogP contribution in [0.3, 0.4) is 0 Å². The number of carbonyl (C=O) groups excluding carboxylic acids is 1. The Morgan fingerprint density at radius 3 is 2.55 bits per heavy atom. The molecule has 0 aliphatic carbocycles. The van der Waals surface area contributed by atoms with E-state index < -0.39 is 15.9 Å². The normalized spacial score (nSPS) is 11.8. The highest BCUT2D eigenvalue weighted by atomic mass is 32.2. The number of primary amides is 1. The van der Waals surface area contributed by atoms with Crippen LogP contribution < -0.4 is 11.5 Å². The van der Waals surface area contributed by atoms with Crippen LogP contribution in [-0.4, -0.2) is 31.7 Å². The molecule has 0 fully saturated rings. The second-order valence-corrected chi connectivity index (χ2v) is 6.59. The maximum atomic E-state index is 12.6. The van der Waals surface area contributed by atoms with E-state index in [0.717, 1.165) is 10.7 Å². The molecule has 0 aliphatic rings. The monoisotopic (exact) mass is 299 g/mol. The Hall–Kier alpha value is -1.60. The van der Waals surface area contributed by atoms with Crippen LogP contribution in [0.4, 0.5) is 5.69 Å². The lowest BCUT2D eigenvalue weighted by atomic mass is 10.2. The number of hydrogen-bond donors (Lipinski definition) is 2. The first kappa shape index (κ1) is 16.5. The first-order chi connectivity index (χ1) is 9.28. The van der Waals surface area contributed by atoms with Crippen molar-refractivity contribution in [2.45, 2.75) is 31.6 Å². The zero-order valence-electron chi connectivity index (χ0n) is 11.8. The molecular weight excluding hydrogens is 278 g/mol. The molecule has 0 saturated carbocycles. The van der Waals surface area contributed by atoms with E-state index in [1.54, 1.807) is 19.1 Å². The summed E-state index contributed by atoms with van der Waals surface area (Å²) in [5.41, 5.74) is 11.7. The van der Waals surface area contributed by atoms with Crippen LogP contribution in [0.15, 0.2) is 23.1 Å². The maximum Gasteiger partial charge on any atom is 0.243 e. The topological polar surface area (TPSA) is 106 Å². The number of hydrogen-bond acceptors (Lipinski definition) is 4. The predicted octanol–water partition coefficient (Wildman–Crippen LogP) is 0.853. The number of benzene rings is 1. The second kappa shape index (κ2) is 6.71. The zero-order valence-corrected chi connectivity index (χ0v) is 12.6. The summed E-state index contributed by atoms with van der Waals surface area (Å²) in [5, 5.41) is 0. The molecule has 0 heterocycles. The molecule has 1 rings (SSSR count). The van der Waals surface area contributed by atoms with Gasteiger partial charge in [0.05, 0.1) is 11.4 Å². The Kier molecular flexibility index (Phi) is 5.52. The van der Waals surface area contributed by atoms with E-state index in [1.165, 1.54) is 6.07 Å². The Morgan fingerprint density at radius 1 is 1.35 bits per heavy atom. The highest BCUT2D eigenvalue weighted by Gasteiger charge is 2.27. The van der Waals surface area contributed by atoms with Gasteiger partial charge in [0, 0.05) is 12.2 Å². The highest BCUT2D eigenvalue weighted by Crippen LogP contribution is 2.22. The maximum absolute atomic E-state index is 12.6. The van der Waals surface area contributed by atoms with Crippen molar-refractivity contribution in [1.29, 1.82) is 0 Å². The number of rotatable bonds is 7. The van der Waals surface area contributed by atoms with Crippen LogP contribution >= 0.6 is 0 Å². The third-order valence-electron chi connectivity index (χ3n) is 2.92. The van der Waals surface area contributed by atoms with Gasteiger partial charge in [-0.05, 0) is 31.0 Å². The van der Waals surface area contributed by atoms with E-state index >= 15 is 0 Å². The standard InChI is InChI=1S/C13H21N3O3S/c1-3-4-7-16(9-13(15)17)20(18,19)12-8-11(14)6-5-10(12)2/h5-6,8H,3-4,7,9,14H2,1-2H3,(H2,15,17). The molecule has 1 amide bonds. The molecule has 112 valence electrons. The lowest BCUT2D eigenvalue weighted by Crippen LogP contribution is -2.39. The van der Waals surface area contributed by atoms with Gasteiger partial charge in [-0.3, -0.25) is 4.79 Å². The summed E-state index contributed by atoms with van der Waals surface area (Å²) in [6.07, 6.45) is 1.48. The average molecular weight is 299 g/mol. The van der Waals surface area contributed by atoms with E-state index in [0.29, 0.717) is 17.7 Å². The first-order valence-corrected chi connectivity index (χ1v) is 7.87. The molecule has 0 unspecified atom stereocenters. The quantitative estimate of drug-likeness (QED) is 0.728. The summed E-state index contributed by atoms with van der Waals surface area (Å²) in [4.78, 5) is 11.2. The van der Waals surface area contributed by atoms with Gasteiger partial charge in [-0.15, -0.1) is 0 Å². The van der Waals surface area contributed by atoms with Gasteiger partial charge in [0.25, 0.3) is 0 Å². The van der Waals surface area contributed by atoms with Gasteiger partial charge in [-0.2, -0.15) is 4.31 Å². The molecule has 0 bridgehead atoms. The summed E-state index contributed by atoms with van der Waals surface area (Å²) in [6, 6.07) is 4.69. The molecule has 1 aromatic rings. The smallest absolute Gasteiger partial charge is 0.243 e. The fourth-order valence-electron chi connectivity index (χ4n) is 1.83. The average Bonchev–Trinajstić information content (AvgIpc) is 2.36. The fraction of sp³-hybridized carbons (Fsp3) is 0.462. The number of amides is 1. The van der Waals surface area contributed by atoms with Crippen LogP contribution in [0.5, 0.6) is 0 Å². The Balaban J connectivity index is 3.20. The molecule has 0 atom stereocenters. The molecule has 7 heteroatoms. The predicted molar refractivity (Wildman–Crippen MR) is 78.5 cm³/mol. The third-order valence-corrected chi connectivity index (χ3v) is 4.91. The van der Waals surface area contributed by atoms with Gasteiger partial charge in [0.1, 0.15) is 0 Å². The molecule has 0 spiro atoms. The second-order valence-electron chi connectivity index (χ2n) is 4.68. The van der Waals surface area contributed by atoms with Gasteiger partial charge in [-0.25, -0.2) is 8.42 Å². The molecule has 4 N–H and O–H groups in total. The minimum absolute atomic E-state index is 0.120. The molecule has 0 radical (unpaired) electrons. The molecule has 0 saturated heterocycles. The number of anilines is 1. The van der Waals surface area contributed by atoms with Gasteiger partial charge >= 0.3 is 0 Å². The molecule has 6 nitrogen and oxygen atoms in total. The van der Waals surface area contributed by atoms with Crippen molar-refractivity contribution in [2.75, 3.05) is 18.8 Å². The number of aryl methyl sites for hydroxylation is 1. The minimum atomic E-state index is -3.77. The minimum Gasteiger partial charge on any atom is -0.399 e. The van der Waals surface area contributed by atoms with Gasteiger partial charge < -0.3 is 11.5 Å². The van der Waals surface area contributed by atoms with Crippen LogP contribution in [0, 0.1) is 6.92 Å². The van der Waals surface area contributed by atoms with E-state index in [4.69, 9.17) is 11.5 Å². The van der Waals surface area contributed by atoms with E-state index in [-0.39, 0.29) is 18.0 Å². The Bertz CT molecular complexity index is 585. The lowest BCUT2D eigenvalue weighted by molar-refractivity contribution is -0.118. The van der Waals surface area contributed by atoms with Crippen molar-refractivity contribution >= 4 is 21.6 Å². The number of nitrogens with zero attached hydrogens (tertiary/aromatic N) is 1. The molecular formula is C13H21N3O3S. The lowest BCUT2D eigenvalue weighted by Gasteiger charge is -2.21. The van der Waals surface area contributed by atoms with Gasteiger partial charge in [0.15, 0.2) is 0 Å². The fourth-order valence-corrected chi connectivity index (χ4v) is 3.53. The zero-order chi connectivity index (χ0) is 15.3. The van der Waals surface area contributed by atoms with Crippen LogP contribution in [-0.2, 0) is 14.8 Å². The number of nitrogens with two attached hydrogens (primary N) is 2. The summed E-state index contributed by atoms with van der Waals surface area (Å²) in [6.45, 7) is 3.57. The van der Waals surface area contributed by atoms with E-state index in [1.807, 2.05) is 6.92 Å². The third kappa shape index (κ3) is 3.94. The van der Waals surface area contributed by atoms with Crippen molar-refractivity contribution in [3.63, 3.8) is 0 Å². The number of carbonyl (C=O) groups is 1. The van der Waals surface area contributed by atoms with Crippen LogP contribution in [0.25, 0.3) is 0 Å². The summed E-state index contributed by atoms with van der Waals surface area (Å²) < 4.78 is 26.3. The first-order valence-electron chi connectivity index (χ1n) is 6.43. The van der Waals surface area contributed by atoms with Crippen molar-refractivity contribution in [3.8, 4) is 0 Å². The number of nitrogen functional groups attached to an aromatic ring is 1. The van der Waals surface area contributed by atoms with Gasteiger partial charge in [-0.1, -0.05) is 19.4 Å². The van der Waals surface area contributed by atoms with E-state index in [9.17, 15) is 13.2 Å². The molecule has 0 aliphatic heterocycles. The Morgan fingerprint density at radius 2 is 2.00 bits per heavy atom. The molecule has 1 aromatic carbocycles. The van der Waals surface area contributed by atoms with Gasteiger partial charge in [0.2, 0.25) is 15.9 Å². The SMILES string of the molecule is CCCCN(CC(N)=O)S(=O)(=O)c1cc(N)ccc1C. The number of unbranched alkanes of at least 4 members (excludes halogenated alkanes) is 1. The van der Waals surface area contributed by atoms with Crippen molar-refractivity contribution in [3.05, 3.63) is 23.8 Å². The molecule has 20 heavy (non-hydrogen) atoms. The highest BCUT2D eigenvalue weighted by molar-refractivity contribution is 7.89. The summed E-state index contributed by atoms with van der Waals surface area (Å²) in [5.74, 6) is -0.675. The summed E-state index contributed by atoms with van der Waals surface area (Å²) in [7, 11) is -3.77. The van der Waals surface area contributed by atoms with Crippen LogP contribution in [0.1, 0.15) is 25.3 Å².